The van der Waals surface area contributed by atoms with Crippen LogP contribution in [0.5, 0.6) is 0 Å². The van der Waals surface area contributed by atoms with Crippen LogP contribution < -0.4 is 5.32 Å². The van der Waals surface area contributed by atoms with Crippen molar-refractivity contribution in [3.8, 4) is 0 Å². The third kappa shape index (κ3) is 1.42. The molecule has 0 radical (unpaired) electrons. The molecule has 0 saturated heterocycles. The van der Waals surface area contributed by atoms with Crippen molar-refractivity contribution in [2.45, 2.75) is 19.9 Å². The molecular formula is C12H13BrN2. The molecule has 0 fully saturated rings. The number of rotatable bonds is 0. The molecule has 1 aliphatic rings. The van der Waals surface area contributed by atoms with Crippen molar-refractivity contribution in [3.05, 3.63) is 33.4 Å². The van der Waals surface area contributed by atoms with E-state index in [-0.39, 0.29) is 0 Å². The monoisotopic (exact) mass is 264 g/mol. The Morgan fingerprint density at radius 3 is 3.07 bits per heavy atom. The van der Waals surface area contributed by atoms with Gasteiger partial charge in [-0.15, -0.1) is 0 Å². The molecule has 2 heterocycles. The molecule has 0 saturated carbocycles. The summed E-state index contributed by atoms with van der Waals surface area (Å²) in [6.45, 7) is 4.20. The minimum atomic E-state index is 0.968. The van der Waals surface area contributed by atoms with Crippen LogP contribution in [0.2, 0.25) is 0 Å². The molecule has 2 aromatic rings. The van der Waals surface area contributed by atoms with Gasteiger partial charge in [0.2, 0.25) is 0 Å². The van der Waals surface area contributed by atoms with E-state index in [4.69, 9.17) is 0 Å². The summed E-state index contributed by atoms with van der Waals surface area (Å²) in [6.07, 6.45) is 1.13. The predicted molar refractivity (Wildman–Crippen MR) is 66.1 cm³/mol. The Morgan fingerprint density at radius 1 is 1.33 bits per heavy atom. The van der Waals surface area contributed by atoms with Crippen LogP contribution in [0.1, 0.15) is 16.8 Å². The first-order chi connectivity index (χ1) is 7.25. The number of aromatic nitrogens is 1. The smallest absolute Gasteiger partial charge is 0.0603 e. The SMILES string of the molecule is Cc1cc(Br)c2[nH]c3c(c2c1)CCNC3. The Labute approximate surface area is 97.2 Å². The maximum Gasteiger partial charge on any atom is 0.0603 e. The summed E-state index contributed by atoms with van der Waals surface area (Å²) in [4.78, 5) is 3.50. The van der Waals surface area contributed by atoms with Crippen molar-refractivity contribution < 1.29 is 0 Å². The quantitative estimate of drug-likeness (QED) is 0.753. The lowest BCUT2D eigenvalue weighted by atomic mass is 10.0. The molecule has 15 heavy (non-hydrogen) atoms. The van der Waals surface area contributed by atoms with Gasteiger partial charge in [0, 0.05) is 22.1 Å². The fourth-order valence-electron chi connectivity index (χ4n) is 2.36. The lowest BCUT2D eigenvalue weighted by Gasteiger charge is -2.12. The molecule has 0 amide bonds. The Morgan fingerprint density at radius 2 is 2.20 bits per heavy atom. The van der Waals surface area contributed by atoms with Crippen molar-refractivity contribution in [3.63, 3.8) is 0 Å². The fourth-order valence-corrected chi connectivity index (χ4v) is 3.03. The Balaban J connectivity index is 2.37. The zero-order valence-electron chi connectivity index (χ0n) is 8.65. The second-order valence-electron chi connectivity index (χ2n) is 4.18. The Bertz CT molecular complexity index is 528. The summed E-state index contributed by atoms with van der Waals surface area (Å²) in [6, 6.07) is 4.44. The van der Waals surface area contributed by atoms with Crippen molar-refractivity contribution in [1.82, 2.24) is 10.3 Å². The molecule has 3 rings (SSSR count). The summed E-state index contributed by atoms with van der Waals surface area (Å²) < 4.78 is 1.17. The minimum absolute atomic E-state index is 0.968. The molecule has 0 bridgehead atoms. The highest BCUT2D eigenvalue weighted by Gasteiger charge is 2.16. The third-order valence-electron chi connectivity index (χ3n) is 3.05. The molecule has 1 aromatic carbocycles. The second kappa shape index (κ2) is 3.35. The van der Waals surface area contributed by atoms with Gasteiger partial charge in [0.05, 0.1) is 5.52 Å². The highest BCUT2D eigenvalue weighted by molar-refractivity contribution is 9.10. The standard InChI is InChI=1S/C12H13BrN2/c1-7-4-9-8-2-3-14-6-11(8)15-12(9)10(13)5-7/h4-5,14-15H,2-3,6H2,1H3. The molecule has 3 heteroatoms. The molecule has 0 spiro atoms. The van der Waals surface area contributed by atoms with Gasteiger partial charge in [0.1, 0.15) is 0 Å². The van der Waals surface area contributed by atoms with Crippen molar-refractivity contribution >= 4 is 26.8 Å². The van der Waals surface area contributed by atoms with Gasteiger partial charge < -0.3 is 10.3 Å². The van der Waals surface area contributed by atoms with Crippen molar-refractivity contribution in [2.24, 2.45) is 0 Å². The lowest BCUT2D eigenvalue weighted by molar-refractivity contribution is 0.637. The molecule has 2 nitrogen and oxygen atoms in total. The summed E-state index contributed by atoms with van der Waals surface area (Å²) in [5, 5.41) is 4.78. The van der Waals surface area contributed by atoms with Gasteiger partial charge in [-0.2, -0.15) is 0 Å². The fraction of sp³-hybridized carbons (Fsp3) is 0.333. The summed E-state index contributed by atoms with van der Waals surface area (Å²) in [5.41, 5.74) is 5.40. The number of aryl methyl sites for hydroxylation is 1. The van der Waals surface area contributed by atoms with Gasteiger partial charge in [-0.1, -0.05) is 0 Å². The van der Waals surface area contributed by atoms with Gasteiger partial charge in [-0.3, -0.25) is 0 Å². The molecule has 0 atom stereocenters. The number of hydrogen-bond donors (Lipinski definition) is 2. The summed E-state index contributed by atoms with van der Waals surface area (Å²) in [5.74, 6) is 0. The van der Waals surface area contributed by atoms with Crippen LogP contribution in [-0.2, 0) is 13.0 Å². The Hall–Kier alpha value is -0.800. The molecule has 0 aliphatic carbocycles. The van der Waals surface area contributed by atoms with Crippen LogP contribution in [0.15, 0.2) is 16.6 Å². The van der Waals surface area contributed by atoms with E-state index in [1.54, 1.807) is 0 Å². The number of halogens is 1. The molecular weight excluding hydrogens is 252 g/mol. The van der Waals surface area contributed by atoms with E-state index in [1.807, 2.05) is 0 Å². The van der Waals surface area contributed by atoms with Crippen molar-refractivity contribution in [2.75, 3.05) is 6.54 Å². The van der Waals surface area contributed by atoms with Crippen LogP contribution >= 0.6 is 15.9 Å². The number of aromatic amines is 1. The van der Waals surface area contributed by atoms with E-state index in [1.165, 1.54) is 32.2 Å². The van der Waals surface area contributed by atoms with Gasteiger partial charge in [-0.05, 0) is 59.1 Å². The molecule has 0 unspecified atom stereocenters. The minimum Gasteiger partial charge on any atom is -0.356 e. The van der Waals surface area contributed by atoms with Crippen LogP contribution in [0, 0.1) is 6.92 Å². The van der Waals surface area contributed by atoms with E-state index >= 15 is 0 Å². The van der Waals surface area contributed by atoms with E-state index in [9.17, 15) is 0 Å². The number of benzene rings is 1. The van der Waals surface area contributed by atoms with Crippen LogP contribution in [0.25, 0.3) is 10.9 Å². The van der Waals surface area contributed by atoms with E-state index in [0.717, 1.165) is 19.5 Å². The summed E-state index contributed by atoms with van der Waals surface area (Å²) in [7, 11) is 0. The normalized spacial score (nSPS) is 15.6. The largest absolute Gasteiger partial charge is 0.356 e. The van der Waals surface area contributed by atoms with Crippen LogP contribution in [0.3, 0.4) is 0 Å². The zero-order valence-corrected chi connectivity index (χ0v) is 10.2. The molecule has 1 aliphatic heterocycles. The highest BCUT2D eigenvalue weighted by Crippen LogP contribution is 2.31. The first kappa shape index (κ1) is 9.43. The van der Waals surface area contributed by atoms with E-state index in [2.05, 4.69) is 45.3 Å². The first-order valence-corrected chi connectivity index (χ1v) is 6.05. The zero-order chi connectivity index (χ0) is 10.4. The average molecular weight is 265 g/mol. The molecule has 78 valence electrons. The van der Waals surface area contributed by atoms with Crippen LogP contribution in [0.4, 0.5) is 0 Å². The molecule has 1 aromatic heterocycles. The van der Waals surface area contributed by atoms with Gasteiger partial charge in [0.25, 0.3) is 0 Å². The van der Waals surface area contributed by atoms with E-state index in [0.29, 0.717) is 0 Å². The van der Waals surface area contributed by atoms with Gasteiger partial charge in [0.15, 0.2) is 0 Å². The number of hydrogen-bond acceptors (Lipinski definition) is 1. The summed E-state index contributed by atoms with van der Waals surface area (Å²) >= 11 is 3.62. The number of nitrogens with one attached hydrogen (secondary N) is 2. The van der Waals surface area contributed by atoms with Gasteiger partial charge in [-0.25, -0.2) is 0 Å². The van der Waals surface area contributed by atoms with Crippen LogP contribution in [-0.4, -0.2) is 11.5 Å². The lowest BCUT2D eigenvalue weighted by Crippen LogP contribution is -2.22. The average Bonchev–Trinajstić information content (AvgIpc) is 2.57. The topological polar surface area (TPSA) is 27.8 Å². The predicted octanol–water partition coefficient (Wildman–Crippen LogP) is 2.88. The maximum absolute atomic E-state index is 3.62. The first-order valence-electron chi connectivity index (χ1n) is 5.26. The van der Waals surface area contributed by atoms with Crippen molar-refractivity contribution in [1.29, 1.82) is 0 Å². The second-order valence-corrected chi connectivity index (χ2v) is 5.03. The highest BCUT2D eigenvalue weighted by atomic mass is 79.9. The maximum atomic E-state index is 3.62. The third-order valence-corrected chi connectivity index (χ3v) is 3.68. The molecule has 2 N–H and O–H groups in total. The van der Waals surface area contributed by atoms with Gasteiger partial charge >= 0.3 is 0 Å². The Kier molecular flexibility index (Phi) is 2.11. The van der Waals surface area contributed by atoms with E-state index < -0.39 is 0 Å². The number of H-pyrrole nitrogens is 1. The number of fused-ring (bicyclic) bond motifs is 3.